The van der Waals surface area contributed by atoms with Gasteiger partial charge >= 0.3 is 0 Å². The Morgan fingerprint density at radius 3 is 0.851 bits per heavy atom. The fourth-order valence-corrected chi connectivity index (χ4v) is 11.3. The Hall–Kier alpha value is -0.320. The third-order valence-electron chi connectivity index (χ3n) is 16.5. The Balaban J connectivity index is 4.94. The van der Waals surface area contributed by atoms with Crippen LogP contribution in [0.4, 0.5) is 0 Å². The summed E-state index contributed by atoms with van der Waals surface area (Å²) >= 11 is 0. The van der Waals surface area contributed by atoms with Crippen molar-refractivity contribution >= 4 is 0 Å². The van der Waals surface area contributed by atoms with Crippen LogP contribution in [0.3, 0.4) is 0 Å². The van der Waals surface area contributed by atoms with Crippen LogP contribution in [0.25, 0.3) is 0 Å². The van der Waals surface area contributed by atoms with Gasteiger partial charge < -0.3 is 30.1 Å². The van der Waals surface area contributed by atoms with Gasteiger partial charge in [-0.25, -0.2) is 5.48 Å². The zero-order valence-electron chi connectivity index (χ0n) is 51.7. The molecule has 0 saturated heterocycles. The van der Waals surface area contributed by atoms with Gasteiger partial charge in [-0.2, -0.15) is 0 Å². The highest BCUT2D eigenvalue weighted by molar-refractivity contribution is 4.74. The molecule has 0 rings (SSSR count). The number of hydroxylamine groups is 1. The fraction of sp³-hybridized carbons (Fsp3) is 1.00. The monoisotopic (exact) mass is 1050 g/mol. The summed E-state index contributed by atoms with van der Waals surface area (Å²) in [6.07, 6.45) is 61.0. The molecular weight excluding hydrogens is 911 g/mol. The van der Waals surface area contributed by atoms with E-state index in [2.05, 4.69) is 66.9 Å². The van der Waals surface area contributed by atoms with Gasteiger partial charge in [0, 0.05) is 38.8 Å². The van der Waals surface area contributed by atoms with Crippen LogP contribution in [0.15, 0.2) is 0 Å². The molecule has 0 aromatic rings. The number of aliphatic hydroxyl groups is 2. The molecule has 0 aromatic carbocycles. The van der Waals surface area contributed by atoms with E-state index in [1.165, 1.54) is 257 Å². The van der Waals surface area contributed by atoms with Crippen LogP contribution in [-0.4, -0.2) is 133 Å². The average Bonchev–Trinajstić information content (AvgIpc) is 3.39. The normalized spacial score (nSPS) is 13.4. The molecule has 8 heteroatoms. The summed E-state index contributed by atoms with van der Waals surface area (Å²) in [6.45, 7) is 18.9. The van der Waals surface area contributed by atoms with E-state index in [1.54, 1.807) is 0 Å². The predicted octanol–water partition coefficient (Wildman–Crippen LogP) is 17.9. The Kier molecular flexibility index (Phi) is 60.1. The van der Waals surface area contributed by atoms with E-state index in [0.29, 0.717) is 6.54 Å². The smallest absolute Gasteiger partial charge is 0.0667 e. The summed E-state index contributed by atoms with van der Waals surface area (Å²) in [6, 6.07) is 0.0493. The Bertz CT molecular complexity index is 1040. The largest absolute Gasteiger partial charge is 0.392 e. The molecule has 0 aromatic heterocycles. The van der Waals surface area contributed by atoms with Gasteiger partial charge in [-0.1, -0.05) is 291 Å². The Morgan fingerprint density at radius 2 is 0.527 bits per heavy atom. The average molecular weight is 1050 g/mol. The quantitative estimate of drug-likeness (QED) is 0.0354. The van der Waals surface area contributed by atoms with Crippen molar-refractivity contribution in [3.05, 3.63) is 0 Å². The fourth-order valence-electron chi connectivity index (χ4n) is 11.3. The first-order chi connectivity index (χ1) is 36.3. The van der Waals surface area contributed by atoms with Crippen molar-refractivity contribution in [1.29, 1.82) is 0 Å². The summed E-state index contributed by atoms with van der Waals surface area (Å²) in [4.78, 5) is 10.1. The van der Waals surface area contributed by atoms with Crippen LogP contribution in [0, 0.1) is 0 Å². The van der Waals surface area contributed by atoms with E-state index in [9.17, 15) is 15.4 Å². The highest BCUT2D eigenvalue weighted by Crippen LogP contribution is 2.18. The lowest BCUT2D eigenvalue weighted by atomic mass is 10.0. The maximum absolute atomic E-state index is 11.3. The number of nitrogens with one attached hydrogen (secondary N) is 1. The molecule has 3 unspecified atom stereocenters. The molecule has 0 saturated carbocycles. The van der Waals surface area contributed by atoms with Crippen LogP contribution in [0.1, 0.15) is 329 Å². The topological polar surface area (TPSA) is 85.7 Å². The van der Waals surface area contributed by atoms with E-state index >= 15 is 0 Å². The van der Waals surface area contributed by atoms with Gasteiger partial charge in [0.1, 0.15) is 0 Å². The van der Waals surface area contributed by atoms with E-state index in [1.807, 2.05) is 0 Å². The lowest BCUT2D eigenvalue weighted by Crippen LogP contribution is -2.44. The predicted molar refractivity (Wildman–Crippen MR) is 328 cm³/mol. The Morgan fingerprint density at radius 1 is 0.270 bits per heavy atom. The molecule has 74 heavy (non-hydrogen) atoms. The van der Waals surface area contributed by atoms with Gasteiger partial charge in [-0.3, -0.25) is 4.90 Å². The van der Waals surface area contributed by atoms with Gasteiger partial charge in [0.25, 0.3) is 0 Å². The first kappa shape index (κ1) is 73.7. The molecule has 0 radical (unpaired) electrons. The second-order valence-electron chi connectivity index (χ2n) is 24.3. The molecular formula is C66H139N5O3. The van der Waals surface area contributed by atoms with Crippen molar-refractivity contribution in [2.24, 2.45) is 0 Å². The third-order valence-corrected chi connectivity index (χ3v) is 16.5. The standard InChI is InChI=1S/C66H139N5O3/c1-7-11-15-19-23-27-31-32-36-40-44-48-56-70(62-65(72)52-46-42-38-34-29-25-21-17-13-9-3)57-49-54-68(5)59-60-69(6)55-50-58-71(63-66(73)53-47-43-39-35-30-26-22-18-14-10-4)61-64(67-74)51-45-41-37-33-28-24-20-16-12-8-2/h64-67,72-74H,7-63H2,1-6H3. The molecule has 0 aliphatic heterocycles. The maximum Gasteiger partial charge on any atom is 0.0667 e. The zero-order chi connectivity index (χ0) is 54.1. The van der Waals surface area contributed by atoms with Gasteiger partial charge in [0.2, 0.25) is 0 Å². The third kappa shape index (κ3) is 55.0. The molecule has 0 aliphatic carbocycles. The summed E-state index contributed by atoms with van der Waals surface area (Å²) in [5, 5.41) is 32.7. The molecule has 3 atom stereocenters. The summed E-state index contributed by atoms with van der Waals surface area (Å²) in [5.41, 5.74) is 2.68. The summed E-state index contributed by atoms with van der Waals surface area (Å²) in [5.74, 6) is 0. The van der Waals surface area contributed by atoms with Crippen molar-refractivity contribution in [3.8, 4) is 0 Å². The lowest BCUT2D eigenvalue weighted by Gasteiger charge is -2.30. The van der Waals surface area contributed by atoms with E-state index in [4.69, 9.17) is 0 Å². The number of hydrogen-bond acceptors (Lipinski definition) is 8. The minimum atomic E-state index is -0.305. The van der Waals surface area contributed by atoms with Crippen LogP contribution in [-0.2, 0) is 0 Å². The lowest BCUT2D eigenvalue weighted by molar-refractivity contribution is 0.0636. The minimum Gasteiger partial charge on any atom is -0.392 e. The molecule has 0 spiro atoms. The van der Waals surface area contributed by atoms with Gasteiger partial charge in [-0.15, -0.1) is 0 Å². The highest BCUT2D eigenvalue weighted by Gasteiger charge is 2.18. The zero-order valence-corrected chi connectivity index (χ0v) is 51.7. The van der Waals surface area contributed by atoms with Crippen LogP contribution in [0.2, 0.25) is 0 Å². The van der Waals surface area contributed by atoms with E-state index in [-0.39, 0.29) is 18.2 Å². The van der Waals surface area contributed by atoms with E-state index in [0.717, 1.165) is 104 Å². The first-order valence-corrected chi connectivity index (χ1v) is 33.9. The minimum absolute atomic E-state index is 0.0493. The van der Waals surface area contributed by atoms with Gasteiger partial charge in [0.05, 0.1) is 12.2 Å². The van der Waals surface area contributed by atoms with Crippen molar-refractivity contribution in [3.63, 3.8) is 0 Å². The maximum atomic E-state index is 11.3. The molecule has 0 fully saturated rings. The summed E-state index contributed by atoms with van der Waals surface area (Å²) in [7, 11) is 4.56. The van der Waals surface area contributed by atoms with E-state index < -0.39 is 0 Å². The number of unbranched alkanes of at least 4 members (excludes halogenated alkanes) is 38. The number of aliphatic hydroxyl groups excluding tert-OH is 2. The highest BCUT2D eigenvalue weighted by atomic mass is 16.5. The van der Waals surface area contributed by atoms with Crippen LogP contribution >= 0.6 is 0 Å². The van der Waals surface area contributed by atoms with Gasteiger partial charge in [-0.05, 0) is 85.3 Å². The van der Waals surface area contributed by atoms with Gasteiger partial charge in [0.15, 0.2) is 0 Å². The molecule has 8 nitrogen and oxygen atoms in total. The number of nitrogens with zero attached hydrogens (tertiary/aromatic N) is 4. The molecule has 446 valence electrons. The number of likely N-dealkylation sites (N-methyl/N-ethyl adjacent to an activating group) is 2. The molecule has 0 heterocycles. The van der Waals surface area contributed by atoms with Crippen LogP contribution < -0.4 is 5.48 Å². The number of rotatable bonds is 64. The van der Waals surface area contributed by atoms with Crippen molar-refractivity contribution in [2.45, 2.75) is 348 Å². The van der Waals surface area contributed by atoms with Crippen molar-refractivity contribution in [2.75, 3.05) is 79.5 Å². The SMILES string of the molecule is CCCCCCCCCCCCCCN(CCCN(C)CCN(C)CCCN(CC(O)CCCCCCCCCCCC)CC(CCCCCCCCCCCC)NO)CC(O)CCCCCCCCCCCC. The molecule has 4 N–H and O–H groups in total. The summed E-state index contributed by atoms with van der Waals surface area (Å²) < 4.78 is 0. The second kappa shape index (κ2) is 60.3. The molecule has 0 aliphatic rings. The number of hydrogen-bond donors (Lipinski definition) is 4. The Labute approximate surface area is 465 Å². The first-order valence-electron chi connectivity index (χ1n) is 33.9. The molecule has 0 bridgehead atoms. The van der Waals surface area contributed by atoms with Crippen molar-refractivity contribution < 1.29 is 15.4 Å². The van der Waals surface area contributed by atoms with Crippen LogP contribution in [0.5, 0.6) is 0 Å². The second-order valence-corrected chi connectivity index (χ2v) is 24.3. The molecule has 0 amide bonds. The van der Waals surface area contributed by atoms with Crippen molar-refractivity contribution in [1.82, 2.24) is 25.1 Å².